The second-order valence-corrected chi connectivity index (χ2v) is 7.61. The van der Waals surface area contributed by atoms with Crippen LogP contribution in [0.5, 0.6) is 11.5 Å². The Morgan fingerprint density at radius 1 is 1.17 bits per heavy atom. The van der Waals surface area contributed by atoms with E-state index >= 15 is 0 Å². The molecular weight excluding hydrogens is 406 g/mol. The van der Waals surface area contributed by atoms with E-state index in [2.05, 4.69) is 5.32 Å². The number of nitrogens with zero attached hydrogens (tertiary/aromatic N) is 1. The minimum Gasteiger partial charge on any atom is -0.493 e. The second kappa shape index (κ2) is 9.71. The number of hydrogen-bond donors (Lipinski definition) is 2. The van der Waals surface area contributed by atoms with Crippen LogP contribution in [0.1, 0.15) is 42.5 Å². The molecule has 0 spiro atoms. The van der Waals surface area contributed by atoms with Crippen LogP contribution < -0.4 is 20.5 Å². The number of hydrogen-bond acceptors (Lipinski definition) is 4. The number of carbonyl (C=O) groups excluding carboxylic acids is 2. The number of carbonyl (C=O) groups is 2. The number of nitrogens with one attached hydrogen (secondary N) is 1. The van der Waals surface area contributed by atoms with Crippen molar-refractivity contribution in [2.45, 2.75) is 31.3 Å². The Kier molecular flexibility index (Phi) is 7.05. The van der Waals surface area contributed by atoms with Crippen molar-refractivity contribution >= 4 is 23.5 Å². The highest BCUT2D eigenvalue weighted by molar-refractivity contribution is 6.30. The number of methoxy groups -OCH3 is 2. The second-order valence-electron chi connectivity index (χ2n) is 7.18. The van der Waals surface area contributed by atoms with E-state index in [1.54, 1.807) is 38.5 Å². The van der Waals surface area contributed by atoms with Gasteiger partial charge in [-0.15, -0.1) is 0 Å². The molecule has 0 aromatic heterocycles. The van der Waals surface area contributed by atoms with E-state index in [9.17, 15) is 9.59 Å². The molecule has 2 atom stereocenters. The van der Waals surface area contributed by atoms with Crippen molar-refractivity contribution in [1.82, 2.24) is 10.2 Å². The molecule has 0 unspecified atom stereocenters. The normalized spacial score (nSPS) is 16.8. The first-order valence-electron chi connectivity index (χ1n) is 9.75. The average molecular weight is 432 g/mol. The first kappa shape index (κ1) is 21.8. The van der Waals surface area contributed by atoms with Crippen LogP contribution in [0.3, 0.4) is 0 Å². The summed E-state index contributed by atoms with van der Waals surface area (Å²) in [5, 5.41) is 3.25. The molecule has 0 aliphatic carbocycles. The average Bonchev–Trinajstić information content (AvgIpc) is 3.23. The monoisotopic (exact) mass is 431 g/mol. The molecular formula is C22H26ClN3O4. The predicted octanol–water partition coefficient (Wildman–Crippen LogP) is 3.82. The van der Waals surface area contributed by atoms with E-state index in [0.29, 0.717) is 23.1 Å². The number of primary amides is 1. The highest BCUT2D eigenvalue weighted by atomic mass is 35.5. The van der Waals surface area contributed by atoms with Crippen LogP contribution in [-0.2, 0) is 4.79 Å². The van der Waals surface area contributed by atoms with Gasteiger partial charge < -0.3 is 25.4 Å². The fourth-order valence-corrected chi connectivity index (χ4v) is 4.01. The third-order valence-corrected chi connectivity index (χ3v) is 5.59. The maximum absolute atomic E-state index is 13.2. The number of rotatable bonds is 7. The lowest BCUT2D eigenvalue weighted by Gasteiger charge is -2.28. The van der Waals surface area contributed by atoms with Crippen molar-refractivity contribution in [1.29, 1.82) is 0 Å². The summed E-state index contributed by atoms with van der Waals surface area (Å²) in [6, 6.07) is 11.5. The Morgan fingerprint density at radius 2 is 1.87 bits per heavy atom. The molecule has 3 N–H and O–H groups in total. The zero-order valence-electron chi connectivity index (χ0n) is 17.1. The van der Waals surface area contributed by atoms with Crippen molar-refractivity contribution in [3.8, 4) is 11.5 Å². The molecule has 1 heterocycles. The third kappa shape index (κ3) is 4.97. The largest absolute Gasteiger partial charge is 0.493 e. The fraction of sp³-hybridized carbons (Fsp3) is 0.364. The molecule has 1 fully saturated rings. The maximum atomic E-state index is 13.2. The van der Waals surface area contributed by atoms with Gasteiger partial charge in [0.15, 0.2) is 11.5 Å². The van der Waals surface area contributed by atoms with E-state index < -0.39 is 12.1 Å². The molecule has 0 bridgehead atoms. The van der Waals surface area contributed by atoms with E-state index in [1.165, 1.54) is 0 Å². The lowest BCUT2D eigenvalue weighted by atomic mass is 10.0. The molecule has 3 rings (SSSR count). The number of halogens is 1. The standard InChI is InChI=1S/C22H26ClN3O4/c1-29-19-10-7-15(12-20(19)30-2)18-4-3-11-26(18)21(27)13-17(25-22(24)28)14-5-8-16(23)9-6-14/h5-10,12,17-18H,3-4,11,13H2,1-2H3,(H3,24,25,28)/t17-,18-/m0/s1. The Labute approximate surface area is 181 Å². The summed E-state index contributed by atoms with van der Waals surface area (Å²) in [6.07, 6.45) is 1.87. The number of likely N-dealkylation sites (tertiary alicyclic amines) is 1. The van der Waals surface area contributed by atoms with Crippen LogP contribution in [0.15, 0.2) is 42.5 Å². The summed E-state index contributed by atoms with van der Waals surface area (Å²) in [5.41, 5.74) is 7.10. The Hall–Kier alpha value is -2.93. The van der Waals surface area contributed by atoms with E-state index in [1.807, 2.05) is 23.1 Å². The lowest BCUT2D eigenvalue weighted by Crippen LogP contribution is -2.38. The molecule has 30 heavy (non-hydrogen) atoms. The Morgan fingerprint density at radius 3 is 2.50 bits per heavy atom. The first-order valence-corrected chi connectivity index (χ1v) is 10.1. The van der Waals surface area contributed by atoms with Crippen LogP contribution in [0.2, 0.25) is 5.02 Å². The molecule has 2 aromatic rings. The molecule has 7 nitrogen and oxygen atoms in total. The number of nitrogens with two attached hydrogens (primary N) is 1. The van der Waals surface area contributed by atoms with Gasteiger partial charge in [0.25, 0.3) is 0 Å². The van der Waals surface area contributed by atoms with Gasteiger partial charge in [0.2, 0.25) is 5.91 Å². The molecule has 0 saturated carbocycles. The van der Waals surface area contributed by atoms with Gasteiger partial charge in [-0.1, -0.05) is 29.8 Å². The zero-order chi connectivity index (χ0) is 21.7. The summed E-state index contributed by atoms with van der Waals surface area (Å²) < 4.78 is 10.7. The predicted molar refractivity (Wildman–Crippen MR) is 115 cm³/mol. The van der Waals surface area contributed by atoms with E-state index in [0.717, 1.165) is 24.0 Å². The van der Waals surface area contributed by atoms with Gasteiger partial charge in [-0.25, -0.2) is 4.79 Å². The van der Waals surface area contributed by atoms with Crippen molar-refractivity contribution in [2.24, 2.45) is 5.73 Å². The molecule has 1 aliphatic rings. The smallest absolute Gasteiger partial charge is 0.312 e. The molecule has 0 radical (unpaired) electrons. The first-order chi connectivity index (χ1) is 14.4. The van der Waals surface area contributed by atoms with Crippen LogP contribution in [0.25, 0.3) is 0 Å². The molecule has 160 valence electrons. The molecule has 8 heteroatoms. The van der Waals surface area contributed by atoms with Gasteiger partial charge in [-0.2, -0.15) is 0 Å². The molecule has 3 amide bonds. The minimum absolute atomic E-state index is 0.0546. The lowest BCUT2D eigenvalue weighted by molar-refractivity contribution is -0.132. The van der Waals surface area contributed by atoms with Crippen molar-refractivity contribution in [3.63, 3.8) is 0 Å². The van der Waals surface area contributed by atoms with E-state index in [-0.39, 0.29) is 18.4 Å². The van der Waals surface area contributed by atoms with Crippen LogP contribution in [0, 0.1) is 0 Å². The van der Waals surface area contributed by atoms with Gasteiger partial charge >= 0.3 is 6.03 Å². The van der Waals surface area contributed by atoms with Gasteiger partial charge in [0, 0.05) is 11.6 Å². The summed E-state index contributed by atoms with van der Waals surface area (Å²) in [5.74, 6) is 1.22. The number of benzene rings is 2. The van der Waals surface area contributed by atoms with E-state index in [4.69, 9.17) is 26.8 Å². The van der Waals surface area contributed by atoms with Crippen molar-refractivity contribution < 1.29 is 19.1 Å². The Bertz CT molecular complexity index is 904. The SMILES string of the molecule is COc1ccc([C@@H]2CCCN2C(=O)C[C@H](NC(N)=O)c2ccc(Cl)cc2)cc1OC. The number of ether oxygens (including phenoxy) is 2. The van der Waals surface area contributed by atoms with Crippen LogP contribution in [-0.4, -0.2) is 37.6 Å². The third-order valence-electron chi connectivity index (χ3n) is 5.33. The van der Waals surface area contributed by atoms with Crippen molar-refractivity contribution in [3.05, 3.63) is 58.6 Å². The number of urea groups is 1. The zero-order valence-corrected chi connectivity index (χ0v) is 17.8. The van der Waals surface area contributed by atoms with Gasteiger partial charge in [0.1, 0.15) is 0 Å². The topological polar surface area (TPSA) is 93.9 Å². The molecule has 1 aliphatic heterocycles. The number of amides is 3. The van der Waals surface area contributed by atoms with Gasteiger partial charge in [-0.3, -0.25) is 4.79 Å². The van der Waals surface area contributed by atoms with Crippen LogP contribution in [0.4, 0.5) is 4.79 Å². The maximum Gasteiger partial charge on any atom is 0.312 e. The van der Waals surface area contributed by atoms with Gasteiger partial charge in [-0.05, 0) is 48.2 Å². The van der Waals surface area contributed by atoms with Crippen molar-refractivity contribution in [2.75, 3.05) is 20.8 Å². The highest BCUT2D eigenvalue weighted by Gasteiger charge is 2.32. The van der Waals surface area contributed by atoms with Crippen LogP contribution >= 0.6 is 11.6 Å². The molecule has 2 aromatic carbocycles. The Balaban J connectivity index is 1.80. The quantitative estimate of drug-likeness (QED) is 0.696. The summed E-state index contributed by atoms with van der Waals surface area (Å²) >= 11 is 5.96. The highest BCUT2D eigenvalue weighted by Crippen LogP contribution is 2.37. The van der Waals surface area contributed by atoms with Gasteiger partial charge in [0.05, 0.1) is 32.7 Å². The molecule has 1 saturated heterocycles. The summed E-state index contributed by atoms with van der Waals surface area (Å²) in [4.78, 5) is 26.5. The minimum atomic E-state index is -0.680. The fourth-order valence-electron chi connectivity index (χ4n) is 3.88. The summed E-state index contributed by atoms with van der Waals surface area (Å²) in [6.45, 7) is 0.655. The summed E-state index contributed by atoms with van der Waals surface area (Å²) in [7, 11) is 3.18.